The Morgan fingerprint density at radius 1 is 1.57 bits per heavy atom. The van der Waals surface area contributed by atoms with Crippen molar-refractivity contribution in [3.63, 3.8) is 0 Å². The average molecular weight is 260 g/mol. The Labute approximate surface area is 90.6 Å². The van der Waals surface area contributed by atoms with Crippen molar-refractivity contribution in [1.82, 2.24) is 4.98 Å². The summed E-state index contributed by atoms with van der Waals surface area (Å²) in [5.74, 6) is 0.00567. The first kappa shape index (κ1) is 10.1. The Balaban J connectivity index is 2.18. The zero-order chi connectivity index (χ0) is 9.97. The van der Waals surface area contributed by atoms with Gasteiger partial charge in [0.15, 0.2) is 5.82 Å². The molecular formula is C10H11BrFNO. The monoisotopic (exact) mass is 259 g/mol. The van der Waals surface area contributed by atoms with Crippen molar-refractivity contribution in [1.29, 1.82) is 0 Å². The van der Waals surface area contributed by atoms with E-state index in [9.17, 15) is 4.39 Å². The van der Waals surface area contributed by atoms with E-state index in [1.165, 1.54) is 6.20 Å². The molecule has 0 amide bonds. The quantitative estimate of drug-likeness (QED) is 0.774. The Kier molecular flexibility index (Phi) is 3.13. The van der Waals surface area contributed by atoms with E-state index in [2.05, 4.69) is 20.9 Å². The molecule has 0 bridgehead atoms. The van der Waals surface area contributed by atoms with Crippen molar-refractivity contribution in [3.05, 3.63) is 28.2 Å². The van der Waals surface area contributed by atoms with E-state index >= 15 is 0 Å². The highest BCUT2D eigenvalue weighted by atomic mass is 79.9. The Bertz CT molecular complexity index is 326. The van der Waals surface area contributed by atoms with Crippen LogP contribution in [-0.2, 0) is 4.74 Å². The van der Waals surface area contributed by atoms with Gasteiger partial charge in [-0.25, -0.2) is 4.39 Å². The Hall–Kier alpha value is -0.480. The molecule has 4 heteroatoms. The second-order valence-electron chi connectivity index (χ2n) is 3.44. The van der Waals surface area contributed by atoms with Gasteiger partial charge in [0, 0.05) is 18.2 Å². The van der Waals surface area contributed by atoms with Crippen molar-refractivity contribution < 1.29 is 9.13 Å². The van der Waals surface area contributed by atoms with E-state index in [0.29, 0.717) is 17.0 Å². The summed E-state index contributed by atoms with van der Waals surface area (Å²) in [5.41, 5.74) is 0.915. The summed E-state index contributed by atoms with van der Waals surface area (Å²) >= 11 is 3.16. The van der Waals surface area contributed by atoms with E-state index in [0.717, 1.165) is 25.1 Å². The van der Waals surface area contributed by atoms with E-state index < -0.39 is 0 Å². The smallest absolute Gasteiger partial charge is 0.155 e. The second-order valence-corrected chi connectivity index (χ2v) is 4.29. The van der Waals surface area contributed by atoms with Crippen LogP contribution in [0, 0.1) is 5.82 Å². The summed E-state index contributed by atoms with van der Waals surface area (Å²) < 4.78 is 18.8. The summed E-state index contributed by atoms with van der Waals surface area (Å²) in [6, 6.07) is 1.74. The highest BCUT2D eigenvalue weighted by Crippen LogP contribution is 2.26. The molecular weight excluding hydrogens is 249 g/mol. The molecule has 1 unspecified atom stereocenters. The van der Waals surface area contributed by atoms with Crippen molar-refractivity contribution in [2.24, 2.45) is 0 Å². The predicted molar refractivity (Wildman–Crippen MR) is 54.7 cm³/mol. The number of hydrogen-bond acceptors (Lipinski definition) is 2. The molecule has 0 N–H and O–H groups in total. The lowest BCUT2D eigenvalue weighted by molar-refractivity contribution is 0.0792. The maximum Gasteiger partial charge on any atom is 0.155 e. The normalized spacial score (nSPS) is 22.3. The molecule has 1 saturated heterocycles. The molecule has 1 aliphatic rings. The Morgan fingerprint density at radius 3 is 3.07 bits per heavy atom. The molecule has 2 nitrogen and oxygen atoms in total. The first-order valence-corrected chi connectivity index (χ1v) is 5.45. The molecule has 2 heterocycles. The van der Waals surface area contributed by atoms with Gasteiger partial charge in [-0.1, -0.05) is 0 Å². The van der Waals surface area contributed by atoms with Gasteiger partial charge in [-0.2, -0.15) is 0 Å². The number of aromatic nitrogens is 1. The zero-order valence-corrected chi connectivity index (χ0v) is 9.26. The minimum atomic E-state index is -0.314. The fraction of sp³-hybridized carbons (Fsp3) is 0.500. The van der Waals surface area contributed by atoms with Gasteiger partial charge in [0.25, 0.3) is 0 Å². The van der Waals surface area contributed by atoms with Crippen LogP contribution in [-0.4, -0.2) is 18.2 Å². The van der Waals surface area contributed by atoms with Crippen molar-refractivity contribution in [3.8, 4) is 0 Å². The van der Waals surface area contributed by atoms with Crippen LogP contribution in [0.15, 0.2) is 16.7 Å². The maximum atomic E-state index is 12.9. The Morgan fingerprint density at radius 2 is 2.43 bits per heavy atom. The van der Waals surface area contributed by atoms with Crippen molar-refractivity contribution in [2.45, 2.75) is 18.8 Å². The van der Waals surface area contributed by atoms with Gasteiger partial charge >= 0.3 is 0 Å². The third-order valence-corrected chi connectivity index (χ3v) is 3.02. The van der Waals surface area contributed by atoms with Crippen LogP contribution >= 0.6 is 15.9 Å². The first-order valence-electron chi connectivity index (χ1n) is 4.66. The number of nitrogens with zero attached hydrogens (tertiary/aromatic N) is 1. The van der Waals surface area contributed by atoms with Crippen LogP contribution in [0.2, 0.25) is 0 Å². The molecule has 1 aliphatic heterocycles. The van der Waals surface area contributed by atoms with Gasteiger partial charge in [0.2, 0.25) is 0 Å². The van der Waals surface area contributed by atoms with Crippen LogP contribution in [0.25, 0.3) is 0 Å². The molecule has 1 atom stereocenters. The molecule has 0 aliphatic carbocycles. The van der Waals surface area contributed by atoms with Gasteiger partial charge in [-0.15, -0.1) is 0 Å². The van der Waals surface area contributed by atoms with Gasteiger partial charge in [-0.3, -0.25) is 4.98 Å². The minimum Gasteiger partial charge on any atom is -0.381 e. The highest BCUT2D eigenvalue weighted by molar-refractivity contribution is 9.10. The van der Waals surface area contributed by atoms with Crippen LogP contribution in [0.1, 0.15) is 24.5 Å². The van der Waals surface area contributed by atoms with Crippen LogP contribution < -0.4 is 0 Å². The summed E-state index contributed by atoms with van der Waals surface area (Å²) in [6.07, 6.45) is 3.39. The molecule has 1 fully saturated rings. The fourth-order valence-electron chi connectivity index (χ4n) is 1.63. The largest absolute Gasteiger partial charge is 0.381 e. The minimum absolute atomic E-state index is 0.314. The number of ether oxygens (including phenoxy) is 1. The molecule has 14 heavy (non-hydrogen) atoms. The summed E-state index contributed by atoms with van der Waals surface area (Å²) in [6.45, 7) is 1.53. The third kappa shape index (κ3) is 2.12. The van der Waals surface area contributed by atoms with E-state index in [-0.39, 0.29) is 5.82 Å². The van der Waals surface area contributed by atoms with E-state index in [4.69, 9.17) is 4.74 Å². The number of halogens is 2. The number of pyridine rings is 1. The predicted octanol–water partition coefficient (Wildman–Crippen LogP) is 2.88. The van der Waals surface area contributed by atoms with Crippen molar-refractivity contribution >= 4 is 15.9 Å². The zero-order valence-electron chi connectivity index (χ0n) is 7.67. The van der Waals surface area contributed by atoms with Gasteiger partial charge < -0.3 is 4.74 Å². The van der Waals surface area contributed by atoms with Crippen LogP contribution in [0.4, 0.5) is 4.39 Å². The van der Waals surface area contributed by atoms with Gasteiger partial charge in [0.1, 0.15) is 0 Å². The van der Waals surface area contributed by atoms with Crippen LogP contribution in [0.5, 0.6) is 0 Å². The fourth-order valence-corrected chi connectivity index (χ4v) is 1.96. The molecule has 76 valence electrons. The lowest BCUT2D eigenvalue weighted by Gasteiger charge is -2.21. The molecule has 0 saturated carbocycles. The number of hydrogen-bond donors (Lipinski definition) is 0. The topological polar surface area (TPSA) is 22.1 Å². The number of rotatable bonds is 1. The van der Waals surface area contributed by atoms with Gasteiger partial charge in [0.05, 0.1) is 17.3 Å². The summed E-state index contributed by atoms with van der Waals surface area (Å²) in [5, 5.41) is 0. The first-order chi connectivity index (χ1) is 6.77. The maximum absolute atomic E-state index is 12.9. The van der Waals surface area contributed by atoms with Crippen molar-refractivity contribution in [2.75, 3.05) is 13.2 Å². The van der Waals surface area contributed by atoms with Crippen LogP contribution in [0.3, 0.4) is 0 Å². The van der Waals surface area contributed by atoms with E-state index in [1.807, 2.05) is 0 Å². The second kappa shape index (κ2) is 4.36. The third-order valence-electron chi connectivity index (χ3n) is 2.41. The SMILES string of the molecule is Fc1cnc(C2CCCOC2)cc1Br. The molecule has 0 spiro atoms. The van der Waals surface area contributed by atoms with E-state index in [1.54, 1.807) is 6.07 Å². The summed E-state index contributed by atoms with van der Waals surface area (Å²) in [4.78, 5) is 4.08. The molecule has 0 aromatic carbocycles. The molecule has 2 rings (SSSR count). The summed E-state index contributed by atoms with van der Waals surface area (Å²) in [7, 11) is 0. The standard InChI is InChI=1S/C10H11BrFNO/c11-8-4-10(13-5-9(8)12)7-2-1-3-14-6-7/h4-5,7H,1-3,6H2. The lowest BCUT2D eigenvalue weighted by atomic mass is 9.98. The lowest BCUT2D eigenvalue weighted by Crippen LogP contribution is -2.16. The molecule has 1 aromatic rings. The van der Waals surface area contributed by atoms with Gasteiger partial charge in [-0.05, 0) is 34.8 Å². The average Bonchev–Trinajstić information content (AvgIpc) is 2.23. The molecule has 0 radical (unpaired) electrons. The highest BCUT2D eigenvalue weighted by Gasteiger charge is 2.18. The molecule has 1 aromatic heterocycles.